The molecule has 0 saturated carbocycles. The Morgan fingerprint density at radius 2 is 1.70 bits per heavy atom. The molecule has 0 saturated heterocycles. The Labute approximate surface area is 209 Å². The smallest absolute Gasteiger partial charge is 0.416 e. The summed E-state index contributed by atoms with van der Waals surface area (Å²) in [7, 11) is 0. The van der Waals surface area contributed by atoms with Crippen LogP contribution in [0.3, 0.4) is 0 Å². The van der Waals surface area contributed by atoms with Gasteiger partial charge in [0, 0.05) is 35.6 Å². The van der Waals surface area contributed by atoms with Crippen molar-refractivity contribution in [3.8, 4) is 16.9 Å². The minimum Gasteiger partial charge on any atom is -0.486 e. The fourth-order valence-electron chi connectivity index (χ4n) is 3.64. The normalized spacial score (nSPS) is 11.1. The monoisotopic (exact) mass is 507 g/mol. The van der Waals surface area contributed by atoms with E-state index in [1.54, 1.807) is 30.5 Å². The first kappa shape index (κ1) is 25.4. The molecule has 1 amide bonds. The van der Waals surface area contributed by atoms with Crippen LogP contribution >= 0.6 is 0 Å². The SMILES string of the molecule is O=C(Nc1ccc(OCCc2ccccn2)c([N+](=O)[O-])c1)c1ccccc1-c1ccc(C(F)(F)F)cc1. The van der Waals surface area contributed by atoms with E-state index in [9.17, 15) is 28.1 Å². The largest absolute Gasteiger partial charge is 0.486 e. The number of ether oxygens (including phenoxy) is 1. The highest BCUT2D eigenvalue weighted by Crippen LogP contribution is 2.33. The van der Waals surface area contributed by atoms with Gasteiger partial charge in [-0.15, -0.1) is 0 Å². The zero-order chi connectivity index (χ0) is 26.4. The summed E-state index contributed by atoms with van der Waals surface area (Å²) in [6.07, 6.45) is -2.37. The molecule has 188 valence electrons. The van der Waals surface area contributed by atoms with Crippen LogP contribution in [-0.2, 0) is 12.6 Å². The first-order chi connectivity index (χ1) is 17.7. The molecule has 0 unspecified atom stereocenters. The highest BCUT2D eigenvalue weighted by Gasteiger charge is 2.30. The summed E-state index contributed by atoms with van der Waals surface area (Å²) in [5.74, 6) is -0.530. The van der Waals surface area contributed by atoms with Crippen molar-refractivity contribution in [1.82, 2.24) is 4.98 Å². The van der Waals surface area contributed by atoms with Crippen molar-refractivity contribution in [2.45, 2.75) is 12.6 Å². The second kappa shape index (κ2) is 10.9. The molecule has 10 heteroatoms. The van der Waals surface area contributed by atoms with Crippen molar-refractivity contribution in [2.75, 3.05) is 11.9 Å². The minimum atomic E-state index is -4.47. The summed E-state index contributed by atoms with van der Waals surface area (Å²) in [6.45, 7) is 0.171. The van der Waals surface area contributed by atoms with Crippen LogP contribution in [0.1, 0.15) is 21.6 Å². The quantitative estimate of drug-likeness (QED) is 0.216. The number of nitrogens with zero attached hydrogens (tertiary/aromatic N) is 2. The first-order valence-electron chi connectivity index (χ1n) is 11.1. The van der Waals surface area contributed by atoms with Crippen molar-refractivity contribution in [3.05, 3.63) is 118 Å². The van der Waals surface area contributed by atoms with E-state index in [2.05, 4.69) is 10.3 Å². The van der Waals surface area contributed by atoms with Gasteiger partial charge in [-0.1, -0.05) is 36.4 Å². The van der Waals surface area contributed by atoms with Gasteiger partial charge >= 0.3 is 11.9 Å². The zero-order valence-electron chi connectivity index (χ0n) is 19.2. The van der Waals surface area contributed by atoms with E-state index in [4.69, 9.17) is 4.74 Å². The molecule has 1 aromatic heterocycles. The van der Waals surface area contributed by atoms with E-state index < -0.39 is 22.6 Å². The fraction of sp³-hybridized carbons (Fsp3) is 0.111. The van der Waals surface area contributed by atoms with Crippen LogP contribution in [-0.4, -0.2) is 22.4 Å². The number of nitrogens with one attached hydrogen (secondary N) is 1. The Kier molecular flexibility index (Phi) is 7.47. The van der Waals surface area contributed by atoms with Gasteiger partial charge in [-0.3, -0.25) is 19.9 Å². The van der Waals surface area contributed by atoms with Crippen LogP contribution < -0.4 is 10.1 Å². The number of carbonyl (C=O) groups is 1. The number of alkyl halides is 3. The molecule has 1 N–H and O–H groups in total. The number of nitro benzene ring substituents is 1. The molecule has 0 aliphatic carbocycles. The number of aromatic nitrogens is 1. The lowest BCUT2D eigenvalue weighted by molar-refractivity contribution is -0.385. The van der Waals surface area contributed by atoms with Crippen molar-refractivity contribution < 1.29 is 27.6 Å². The number of rotatable bonds is 8. The molecule has 4 rings (SSSR count). The van der Waals surface area contributed by atoms with Crippen molar-refractivity contribution in [3.63, 3.8) is 0 Å². The maximum Gasteiger partial charge on any atom is 0.416 e. The summed E-state index contributed by atoms with van der Waals surface area (Å²) in [5, 5.41) is 14.2. The van der Waals surface area contributed by atoms with Gasteiger partial charge in [-0.25, -0.2) is 0 Å². The minimum absolute atomic E-state index is 0.0454. The Bertz CT molecular complexity index is 1410. The van der Waals surface area contributed by atoms with Crippen LogP contribution in [0.4, 0.5) is 24.5 Å². The summed E-state index contributed by atoms with van der Waals surface area (Å²) in [5.41, 5.74) is 0.846. The molecule has 37 heavy (non-hydrogen) atoms. The molecule has 0 aliphatic heterocycles. The second-order valence-electron chi connectivity index (χ2n) is 7.93. The van der Waals surface area contributed by atoms with E-state index in [0.717, 1.165) is 17.8 Å². The van der Waals surface area contributed by atoms with E-state index in [1.807, 2.05) is 12.1 Å². The maximum absolute atomic E-state index is 13.0. The molecule has 0 bridgehead atoms. The number of anilines is 1. The number of amides is 1. The zero-order valence-corrected chi connectivity index (χ0v) is 19.2. The Morgan fingerprint density at radius 3 is 2.38 bits per heavy atom. The number of hydrogen-bond acceptors (Lipinski definition) is 5. The number of carbonyl (C=O) groups excluding carboxylic acids is 1. The van der Waals surface area contributed by atoms with Gasteiger partial charge < -0.3 is 10.1 Å². The Morgan fingerprint density at radius 1 is 0.973 bits per heavy atom. The van der Waals surface area contributed by atoms with E-state index >= 15 is 0 Å². The van der Waals surface area contributed by atoms with Crippen LogP contribution in [0, 0.1) is 10.1 Å². The van der Waals surface area contributed by atoms with Crippen LogP contribution in [0.2, 0.25) is 0 Å². The highest BCUT2D eigenvalue weighted by atomic mass is 19.4. The predicted octanol–water partition coefficient (Wildman–Crippen LogP) is 6.55. The Hall–Kier alpha value is -4.73. The van der Waals surface area contributed by atoms with Crippen LogP contribution in [0.15, 0.2) is 91.1 Å². The van der Waals surface area contributed by atoms with Crippen LogP contribution in [0.5, 0.6) is 5.75 Å². The van der Waals surface area contributed by atoms with Gasteiger partial charge in [-0.2, -0.15) is 13.2 Å². The van der Waals surface area contributed by atoms with Gasteiger partial charge in [0.05, 0.1) is 17.1 Å². The summed E-state index contributed by atoms with van der Waals surface area (Å²) < 4.78 is 44.3. The Balaban J connectivity index is 1.51. The highest BCUT2D eigenvalue weighted by molar-refractivity contribution is 6.08. The molecule has 0 spiro atoms. The molecule has 7 nitrogen and oxygen atoms in total. The summed E-state index contributed by atoms with van der Waals surface area (Å²) >= 11 is 0. The molecule has 0 aliphatic rings. The second-order valence-corrected chi connectivity index (χ2v) is 7.93. The van der Waals surface area contributed by atoms with Crippen molar-refractivity contribution in [1.29, 1.82) is 0 Å². The molecule has 0 atom stereocenters. The third-order valence-electron chi connectivity index (χ3n) is 5.45. The van der Waals surface area contributed by atoms with Crippen LogP contribution in [0.25, 0.3) is 11.1 Å². The van der Waals surface area contributed by atoms with Gasteiger partial charge in [0.25, 0.3) is 5.91 Å². The number of nitro groups is 1. The van der Waals surface area contributed by atoms with Crippen molar-refractivity contribution >= 4 is 17.3 Å². The third kappa shape index (κ3) is 6.29. The molecular formula is C27H20F3N3O4. The topological polar surface area (TPSA) is 94.4 Å². The first-order valence-corrected chi connectivity index (χ1v) is 11.1. The molecule has 4 aromatic rings. The van der Waals surface area contributed by atoms with Crippen molar-refractivity contribution in [2.24, 2.45) is 0 Å². The molecule has 0 radical (unpaired) electrons. The lowest BCUT2D eigenvalue weighted by Crippen LogP contribution is -2.13. The lowest BCUT2D eigenvalue weighted by Gasteiger charge is -2.13. The molecular weight excluding hydrogens is 487 g/mol. The van der Waals surface area contributed by atoms with Gasteiger partial charge in [-0.05, 0) is 53.6 Å². The van der Waals surface area contributed by atoms with Gasteiger partial charge in [0.1, 0.15) is 0 Å². The number of hydrogen-bond donors (Lipinski definition) is 1. The average molecular weight is 507 g/mol. The maximum atomic E-state index is 13.0. The number of pyridine rings is 1. The average Bonchev–Trinajstić information content (AvgIpc) is 2.89. The van der Waals surface area contributed by atoms with E-state index in [-0.39, 0.29) is 29.3 Å². The number of halogens is 3. The molecule has 3 aromatic carbocycles. The molecule has 0 fully saturated rings. The predicted molar refractivity (Wildman–Crippen MR) is 131 cm³/mol. The summed E-state index contributed by atoms with van der Waals surface area (Å²) in [4.78, 5) is 28.2. The summed E-state index contributed by atoms with van der Waals surface area (Å²) in [6, 6.07) is 20.4. The number of benzene rings is 3. The lowest BCUT2D eigenvalue weighted by atomic mass is 9.98. The molecule has 1 heterocycles. The third-order valence-corrected chi connectivity index (χ3v) is 5.45. The fourth-order valence-corrected chi connectivity index (χ4v) is 3.64. The standard InChI is InChI=1S/C27H20F3N3O4/c28-27(29,30)19-10-8-18(9-11-19)22-6-1-2-7-23(22)26(34)32-21-12-13-25(24(17-21)33(35)36)37-16-14-20-5-3-4-15-31-20/h1-13,15,17H,14,16H2,(H,32,34). The van der Waals surface area contributed by atoms with E-state index in [1.165, 1.54) is 36.4 Å². The van der Waals surface area contributed by atoms with Gasteiger partial charge in [0.15, 0.2) is 5.75 Å². The van der Waals surface area contributed by atoms with E-state index in [0.29, 0.717) is 17.5 Å². The van der Waals surface area contributed by atoms with Gasteiger partial charge in [0.2, 0.25) is 0 Å².